The van der Waals surface area contributed by atoms with E-state index in [0.717, 1.165) is 29.3 Å². The van der Waals surface area contributed by atoms with Crippen molar-refractivity contribution in [1.82, 2.24) is 13.8 Å². The van der Waals surface area contributed by atoms with Gasteiger partial charge in [0.05, 0.1) is 18.0 Å². The molecule has 32 heavy (non-hydrogen) atoms. The first-order valence-corrected chi connectivity index (χ1v) is 12.6. The molecule has 0 saturated heterocycles. The van der Waals surface area contributed by atoms with Gasteiger partial charge in [-0.25, -0.2) is 8.42 Å². The fourth-order valence-corrected chi connectivity index (χ4v) is 5.60. The molecule has 1 fully saturated rings. The Balaban J connectivity index is 1.60. The summed E-state index contributed by atoms with van der Waals surface area (Å²) in [6.45, 7) is 4.59. The lowest BCUT2D eigenvalue weighted by Crippen LogP contribution is -2.44. The summed E-state index contributed by atoms with van der Waals surface area (Å²) >= 11 is 0. The molecule has 0 bridgehead atoms. The molecule has 0 radical (unpaired) electrons. The molecule has 1 aliphatic rings. The van der Waals surface area contributed by atoms with Gasteiger partial charge < -0.3 is 9.47 Å². The standard InChI is InChI=1S/C25H31N3O3S/c1-19(2)16-27(32(30,31)24-13-10-20-7-4-5-8-21(20)15-24)18-25(29)28(22-11-12-22)17-23-9-6-14-26(23)3/h4-10,13-15,19,22H,11-12,16-18H2,1-3H3. The van der Waals surface area contributed by atoms with Crippen LogP contribution in [0.2, 0.25) is 0 Å². The molecular formula is C25H31N3O3S. The Morgan fingerprint density at radius 3 is 2.41 bits per heavy atom. The van der Waals surface area contributed by atoms with E-state index in [4.69, 9.17) is 0 Å². The zero-order chi connectivity index (χ0) is 22.9. The fourth-order valence-electron chi connectivity index (χ4n) is 4.02. The van der Waals surface area contributed by atoms with Gasteiger partial charge in [-0.05, 0) is 53.8 Å². The summed E-state index contributed by atoms with van der Waals surface area (Å²) in [5.41, 5.74) is 1.04. The number of rotatable bonds is 9. The lowest BCUT2D eigenvalue weighted by molar-refractivity contribution is -0.132. The highest BCUT2D eigenvalue weighted by Gasteiger charge is 2.36. The molecule has 0 spiro atoms. The maximum absolute atomic E-state index is 13.6. The molecule has 0 N–H and O–H groups in total. The number of carbonyl (C=O) groups excluding carboxylic acids is 1. The number of hydrogen-bond donors (Lipinski definition) is 0. The molecule has 3 aromatic rings. The average Bonchev–Trinajstić information content (AvgIpc) is 3.52. The number of benzene rings is 2. The Kier molecular flexibility index (Phi) is 6.40. The van der Waals surface area contributed by atoms with Crippen molar-refractivity contribution in [2.75, 3.05) is 13.1 Å². The molecule has 2 aromatic carbocycles. The molecule has 0 aliphatic heterocycles. The van der Waals surface area contributed by atoms with Crippen LogP contribution in [0, 0.1) is 5.92 Å². The second kappa shape index (κ2) is 9.08. The topological polar surface area (TPSA) is 62.6 Å². The van der Waals surface area contributed by atoms with Crippen LogP contribution in [0.25, 0.3) is 10.8 Å². The van der Waals surface area contributed by atoms with Crippen molar-refractivity contribution in [2.45, 2.75) is 44.2 Å². The summed E-state index contributed by atoms with van der Waals surface area (Å²) in [6, 6.07) is 17.0. The summed E-state index contributed by atoms with van der Waals surface area (Å²) < 4.78 is 30.5. The van der Waals surface area contributed by atoms with E-state index >= 15 is 0 Å². The Morgan fingerprint density at radius 1 is 1.06 bits per heavy atom. The smallest absolute Gasteiger partial charge is 0.243 e. The second-order valence-electron chi connectivity index (χ2n) is 9.06. The minimum absolute atomic E-state index is 0.0975. The average molecular weight is 454 g/mol. The monoisotopic (exact) mass is 453 g/mol. The van der Waals surface area contributed by atoms with E-state index in [9.17, 15) is 13.2 Å². The van der Waals surface area contributed by atoms with E-state index in [2.05, 4.69) is 0 Å². The van der Waals surface area contributed by atoms with E-state index in [1.807, 2.05) is 79.0 Å². The van der Waals surface area contributed by atoms with Crippen LogP contribution in [0.15, 0.2) is 65.7 Å². The van der Waals surface area contributed by atoms with Crippen molar-refractivity contribution in [3.05, 3.63) is 66.5 Å². The third-order valence-electron chi connectivity index (χ3n) is 5.93. The quantitative estimate of drug-likeness (QED) is 0.492. The first kappa shape index (κ1) is 22.6. The molecule has 4 rings (SSSR count). The Labute approximate surface area is 190 Å². The van der Waals surface area contributed by atoms with E-state index in [1.54, 1.807) is 12.1 Å². The Hall–Kier alpha value is -2.64. The van der Waals surface area contributed by atoms with E-state index < -0.39 is 10.0 Å². The maximum Gasteiger partial charge on any atom is 0.243 e. The van der Waals surface area contributed by atoms with Gasteiger partial charge in [0.2, 0.25) is 15.9 Å². The van der Waals surface area contributed by atoms with Crippen LogP contribution < -0.4 is 0 Å². The number of sulfonamides is 1. The van der Waals surface area contributed by atoms with Gasteiger partial charge in [0, 0.05) is 31.5 Å². The molecule has 6 nitrogen and oxygen atoms in total. The number of aromatic nitrogens is 1. The summed E-state index contributed by atoms with van der Waals surface area (Å²) in [7, 11) is -1.85. The summed E-state index contributed by atoms with van der Waals surface area (Å²) in [6.07, 6.45) is 3.90. The zero-order valence-electron chi connectivity index (χ0n) is 18.9. The second-order valence-corrected chi connectivity index (χ2v) is 11.0. The number of aryl methyl sites for hydroxylation is 1. The molecule has 0 unspecified atom stereocenters. The van der Waals surface area contributed by atoms with Crippen LogP contribution in [-0.4, -0.2) is 47.2 Å². The SMILES string of the molecule is CC(C)CN(CC(=O)N(Cc1cccn1C)C1CC1)S(=O)(=O)c1ccc2ccccc2c1. The third kappa shape index (κ3) is 4.89. The van der Waals surface area contributed by atoms with E-state index in [1.165, 1.54) is 4.31 Å². The highest BCUT2D eigenvalue weighted by molar-refractivity contribution is 7.89. The molecule has 1 aromatic heterocycles. The van der Waals surface area contributed by atoms with Crippen molar-refractivity contribution < 1.29 is 13.2 Å². The van der Waals surface area contributed by atoms with Crippen LogP contribution in [0.3, 0.4) is 0 Å². The highest BCUT2D eigenvalue weighted by Crippen LogP contribution is 2.29. The van der Waals surface area contributed by atoms with Crippen LogP contribution in [0.4, 0.5) is 0 Å². The van der Waals surface area contributed by atoms with Gasteiger partial charge in [-0.2, -0.15) is 4.31 Å². The van der Waals surface area contributed by atoms with E-state index in [-0.39, 0.29) is 29.3 Å². The Morgan fingerprint density at radius 2 is 1.78 bits per heavy atom. The number of hydrogen-bond acceptors (Lipinski definition) is 3. The fraction of sp³-hybridized carbons (Fsp3) is 0.400. The van der Waals surface area contributed by atoms with Crippen LogP contribution in [-0.2, 0) is 28.4 Å². The summed E-state index contributed by atoms with van der Waals surface area (Å²) in [5.74, 6) is -0.0426. The molecule has 1 aliphatic carbocycles. The van der Waals surface area contributed by atoms with Gasteiger partial charge in [-0.1, -0.05) is 44.2 Å². The predicted molar refractivity (Wildman–Crippen MR) is 127 cm³/mol. The normalized spacial score (nSPS) is 14.4. The predicted octanol–water partition coefficient (Wildman–Crippen LogP) is 4.02. The molecule has 1 amide bonds. The van der Waals surface area contributed by atoms with E-state index in [0.29, 0.717) is 13.1 Å². The van der Waals surface area contributed by atoms with Crippen LogP contribution in [0.1, 0.15) is 32.4 Å². The van der Waals surface area contributed by atoms with Gasteiger partial charge in [-0.15, -0.1) is 0 Å². The number of amides is 1. The molecule has 7 heteroatoms. The lowest BCUT2D eigenvalue weighted by Gasteiger charge is -2.28. The van der Waals surface area contributed by atoms with Gasteiger partial charge in [-0.3, -0.25) is 4.79 Å². The van der Waals surface area contributed by atoms with Crippen molar-refractivity contribution in [2.24, 2.45) is 13.0 Å². The maximum atomic E-state index is 13.6. The van der Waals surface area contributed by atoms with Gasteiger partial charge in [0.25, 0.3) is 0 Å². The number of carbonyl (C=O) groups is 1. The third-order valence-corrected chi connectivity index (χ3v) is 7.74. The van der Waals surface area contributed by atoms with Crippen molar-refractivity contribution in [3.8, 4) is 0 Å². The summed E-state index contributed by atoms with van der Waals surface area (Å²) in [5, 5.41) is 1.85. The molecule has 1 saturated carbocycles. The first-order chi connectivity index (χ1) is 15.3. The molecule has 1 heterocycles. The minimum Gasteiger partial charge on any atom is -0.353 e. The van der Waals surface area contributed by atoms with Gasteiger partial charge in [0.15, 0.2) is 0 Å². The molecular weight excluding hydrogens is 422 g/mol. The van der Waals surface area contributed by atoms with Crippen molar-refractivity contribution >= 4 is 26.7 Å². The minimum atomic E-state index is -3.81. The van der Waals surface area contributed by atoms with Crippen molar-refractivity contribution in [3.63, 3.8) is 0 Å². The number of fused-ring (bicyclic) bond motifs is 1. The highest BCUT2D eigenvalue weighted by atomic mass is 32.2. The number of nitrogens with zero attached hydrogens (tertiary/aromatic N) is 3. The molecule has 170 valence electrons. The van der Waals surface area contributed by atoms with Crippen LogP contribution in [0.5, 0.6) is 0 Å². The van der Waals surface area contributed by atoms with Gasteiger partial charge >= 0.3 is 0 Å². The Bertz CT molecular complexity index is 1210. The summed E-state index contributed by atoms with van der Waals surface area (Å²) in [4.78, 5) is 15.4. The van der Waals surface area contributed by atoms with Crippen LogP contribution >= 0.6 is 0 Å². The van der Waals surface area contributed by atoms with Gasteiger partial charge in [0.1, 0.15) is 0 Å². The molecule has 0 atom stereocenters. The zero-order valence-corrected chi connectivity index (χ0v) is 19.8. The largest absolute Gasteiger partial charge is 0.353 e. The lowest BCUT2D eigenvalue weighted by atomic mass is 10.1. The van der Waals surface area contributed by atoms with Crippen molar-refractivity contribution in [1.29, 1.82) is 0 Å². The first-order valence-electron chi connectivity index (χ1n) is 11.1.